The number of amides is 2. The molecule has 0 radical (unpaired) electrons. The molecule has 2 aromatic rings. The molecule has 0 aromatic heterocycles. The highest BCUT2D eigenvalue weighted by atomic mass is 16.5. The van der Waals surface area contributed by atoms with E-state index in [-0.39, 0.29) is 23.1 Å². The second-order valence-electron chi connectivity index (χ2n) is 7.37. The SMILES string of the molecule is COc1ccccc1C(=O)NCc1ccc(C2NN(CCC(N)=NN)C(N)=C2C(N)=O)cc1. The van der Waals surface area contributed by atoms with E-state index >= 15 is 0 Å². The number of hydrogen-bond acceptors (Lipinski definition) is 8. The Bertz CT molecular complexity index is 1080. The van der Waals surface area contributed by atoms with E-state index in [1.807, 2.05) is 24.3 Å². The predicted octanol–water partition coefficient (Wildman–Crippen LogP) is -0.237. The minimum atomic E-state index is -0.624. The van der Waals surface area contributed by atoms with Gasteiger partial charge in [-0.1, -0.05) is 36.4 Å². The van der Waals surface area contributed by atoms with Crippen molar-refractivity contribution in [3.05, 3.63) is 76.6 Å². The smallest absolute Gasteiger partial charge is 0.255 e. The molecule has 174 valence electrons. The third-order valence-electron chi connectivity index (χ3n) is 5.28. The van der Waals surface area contributed by atoms with Gasteiger partial charge in [-0.05, 0) is 23.3 Å². The Labute approximate surface area is 191 Å². The van der Waals surface area contributed by atoms with Crippen molar-refractivity contribution in [1.82, 2.24) is 15.8 Å². The summed E-state index contributed by atoms with van der Waals surface area (Å²) in [6.45, 7) is 0.679. The number of hydrogen-bond donors (Lipinski definition) is 6. The third-order valence-corrected chi connectivity index (χ3v) is 5.28. The van der Waals surface area contributed by atoms with Crippen molar-refractivity contribution < 1.29 is 14.3 Å². The molecule has 2 aromatic carbocycles. The van der Waals surface area contributed by atoms with Gasteiger partial charge in [0.05, 0.1) is 24.3 Å². The molecule has 1 unspecified atom stereocenters. The maximum atomic E-state index is 12.5. The molecule has 0 saturated carbocycles. The number of para-hydroxylation sites is 1. The summed E-state index contributed by atoms with van der Waals surface area (Å²) in [6, 6.07) is 13.9. The lowest BCUT2D eigenvalue weighted by molar-refractivity contribution is -0.114. The quantitative estimate of drug-likeness (QED) is 0.130. The van der Waals surface area contributed by atoms with Crippen LogP contribution in [0, 0.1) is 0 Å². The normalized spacial score (nSPS) is 16.1. The minimum absolute atomic E-state index is 0.227. The van der Waals surface area contributed by atoms with E-state index in [0.29, 0.717) is 30.8 Å². The number of carbonyl (C=O) groups is 2. The number of nitrogens with one attached hydrogen (secondary N) is 2. The van der Waals surface area contributed by atoms with E-state index in [9.17, 15) is 9.59 Å². The van der Waals surface area contributed by atoms with Crippen LogP contribution in [-0.2, 0) is 11.3 Å². The van der Waals surface area contributed by atoms with E-state index in [2.05, 4.69) is 15.8 Å². The topological polar surface area (TPSA) is 187 Å². The highest BCUT2D eigenvalue weighted by Crippen LogP contribution is 2.30. The fraction of sp³-hybridized carbons (Fsp3) is 0.227. The van der Waals surface area contributed by atoms with Gasteiger partial charge in [-0.3, -0.25) is 14.6 Å². The summed E-state index contributed by atoms with van der Waals surface area (Å²) in [4.78, 5) is 24.6. The molecule has 1 heterocycles. The molecule has 1 aliphatic rings. The zero-order chi connectivity index (χ0) is 24.0. The van der Waals surface area contributed by atoms with Gasteiger partial charge in [-0.25, -0.2) is 5.43 Å². The lowest BCUT2D eigenvalue weighted by Gasteiger charge is -2.21. The summed E-state index contributed by atoms with van der Waals surface area (Å²) in [7, 11) is 1.52. The van der Waals surface area contributed by atoms with E-state index in [1.54, 1.807) is 29.3 Å². The van der Waals surface area contributed by atoms with Gasteiger partial charge < -0.3 is 33.1 Å². The Morgan fingerprint density at radius 3 is 2.48 bits per heavy atom. The third kappa shape index (κ3) is 5.33. The number of carbonyl (C=O) groups excluding carboxylic acids is 2. The van der Waals surface area contributed by atoms with Gasteiger partial charge in [-0.2, -0.15) is 5.10 Å². The molecule has 0 fully saturated rings. The number of amidine groups is 1. The van der Waals surface area contributed by atoms with Crippen LogP contribution in [0.1, 0.15) is 33.9 Å². The summed E-state index contributed by atoms with van der Waals surface area (Å²) >= 11 is 0. The van der Waals surface area contributed by atoms with Crippen LogP contribution in [0.25, 0.3) is 0 Å². The Kier molecular flexibility index (Phi) is 7.36. The second kappa shape index (κ2) is 10.4. The summed E-state index contributed by atoms with van der Waals surface area (Å²) < 4.78 is 5.23. The maximum Gasteiger partial charge on any atom is 0.255 e. The monoisotopic (exact) mass is 452 g/mol. The van der Waals surface area contributed by atoms with Crippen molar-refractivity contribution in [3.63, 3.8) is 0 Å². The van der Waals surface area contributed by atoms with Gasteiger partial charge in [0.15, 0.2) is 0 Å². The van der Waals surface area contributed by atoms with E-state index in [4.69, 9.17) is 27.8 Å². The summed E-state index contributed by atoms with van der Waals surface area (Å²) in [6.07, 6.45) is 0.355. The van der Waals surface area contributed by atoms with Crippen molar-refractivity contribution in [2.24, 2.45) is 28.1 Å². The molecular weight excluding hydrogens is 424 g/mol. The maximum absolute atomic E-state index is 12.5. The zero-order valence-corrected chi connectivity index (χ0v) is 18.2. The van der Waals surface area contributed by atoms with Crippen molar-refractivity contribution in [2.75, 3.05) is 13.7 Å². The van der Waals surface area contributed by atoms with Crippen LogP contribution in [0.5, 0.6) is 5.75 Å². The molecule has 0 spiro atoms. The Morgan fingerprint density at radius 1 is 1.15 bits per heavy atom. The van der Waals surface area contributed by atoms with Gasteiger partial charge in [0.2, 0.25) is 5.91 Å². The van der Waals surface area contributed by atoms with Crippen molar-refractivity contribution in [2.45, 2.75) is 19.0 Å². The van der Waals surface area contributed by atoms with E-state index in [0.717, 1.165) is 11.1 Å². The summed E-state index contributed by atoms with van der Waals surface area (Å²) in [5, 5.41) is 7.90. The molecule has 11 heteroatoms. The molecular formula is C22H28N8O3. The van der Waals surface area contributed by atoms with E-state index in [1.165, 1.54) is 7.11 Å². The zero-order valence-electron chi connectivity index (χ0n) is 18.2. The van der Waals surface area contributed by atoms with Crippen LogP contribution < -0.4 is 38.5 Å². The number of hydrazine groups is 1. The lowest BCUT2D eigenvalue weighted by atomic mass is 9.98. The lowest BCUT2D eigenvalue weighted by Crippen LogP contribution is -2.38. The fourth-order valence-corrected chi connectivity index (χ4v) is 3.51. The number of benzene rings is 2. The Morgan fingerprint density at radius 2 is 1.85 bits per heavy atom. The summed E-state index contributed by atoms with van der Waals surface area (Å²) in [5.74, 6) is 5.29. The summed E-state index contributed by atoms with van der Waals surface area (Å²) in [5.41, 5.74) is 22.9. The average Bonchev–Trinajstić information content (AvgIpc) is 3.17. The molecule has 3 rings (SSSR count). The molecule has 1 aliphatic heterocycles. The van der Waals surface area contributed by atoms with Gasteiger partial charge in [-0.15, -0.1) is 0 Å². The van der Waals surface area contributed by atoms with E-state index < -0.39 is 11.9 Å². The van der Waals surface area contributed by atoms with Crippen LogP contribution in [0.3, 0.4) is 0 Å². The van der Waals surface area contributed by atoms with Crippen LogP contribution in [0.2, 0.25) is 0 Å². The molecule has 10 N–H and O–H groups in total. The molecule has 0 aliphatic carbocycles. The van der Waals surface area contributed by atoms with Crippen molar-refractivity contribution >= 4 is 17.6 Å². The fourth-order valence-electron chi connectivity index (χ4n) is 3.51. The molecule has 0 bridgehead atoms. The highest BCUT2D eigenvalue weighted by molar-refractivity contribution is 5.97. The largest absolute Gasteiger partial charge is 0.496 e. The van der Waals surface area contributed by atoms with Crippen LogP contribution in [0.15, 0.2) is 65.0 Å². The molecule has 0 saturated heterocycles. The second-order valence-corrected chi connectivity index (χ2v) is 7.37. The highest BCUT2D eigenvalue weighted by Gasteiger charge is 2.34. The van der Waals surface area contributed by atoms with Crippen LogP contribution in [0.4, 0.5) is 0 Å². The number of rotatable bonds is 9. The average molecular weight is 453 g/mol. The number of nitrogens with two attached hydrogens (primary N) is 4. The minimum Gasteiger partial charge on any atom is -0.496 e. The van der Waals surface area contributed by atoms with Crippen molar-refractivity contribution in [3.8, 4) is 5.75 Å². The molecule has 1 atom stereocenters. The standard InChI is InChI=1S/C22H28N8O3/c1-33-16-5-3-2-4-15(16)22(32)27-12-13-6-8-14(9-7-13)19-18(21(25)31)20(24)30(29-19)11-10-17(23)28-26/h2-9,19,29H,10-12,24,26H2,1H3,(H2,23,28)(H2,25,31)(H,27,32). The number of ether oxygens (including phenoxy) is 1. The van der Waals surface area contributed by atoms with Gasteiger partial charge in [0, 0.05) is 19.5 Å². The number of nitrogens with zero attached hydrogens (tertiary/aromatic N) is 2. The first kappa shape index (κ1) is 23.4. The van der Waals surface area contributed by atoms with Gasteiger partial charge >= 0.3 is 0 Å². The molecule has 33 heavy (non-hydrogen) atoms. The Hall–Kier alpha value is -4.25. The first-order chi connectivity index (χ1) is 15.8. The van der Waals surface area contributed by atoms with Crippen molar-refractivity contribution in [1.29, 1.82) is 0 Å². The first-order valence-electron chi connectivity index (χ1n) is 10.2. The number of methoxy groups -OCH3 is 1. The van der Waals surface area contributed by atoms with Gasteiger partial charge in [0.1, 0.15) is 17.4 Å². The first-order valence-corrected chi connectivity index (χ1v) is 10.2. The molecule has 2 amide bonds. The number of hydrazone groups is 1. The van der Waals surface area contributed by atoms with Crippen LogP contribution in [-0.4, -0.2) is 36.3 Å². The van der Waals surface area contributed by atoms with Gasteiger partial charge in [0.25, 0.3) is 5.91 Å². The predicted molar refractivity (Wildman–Crippen MR) is 124 cm³/mol. The van der Waals surface area contributed by atoms with Crippen LogP contribution >= 0.6 is 0 Å². The molecule has 11 nitrogen and oxygen atoms in total. The Balaban J connectivity index is 1.68. The number of primary amides is 1.